The fourth-order valence-electron chi connectivity index (χ4n) is 4.71. The Hall–Kier alpha value is -0.240. The lowest BCUT2D eigenvalue weighted by Gasteiger charge is -2.45. The van der Waals surface area contributed by atoms with Gasteiger partial charge < -0.3 is 30.3 Å². The Bertz CT molecular complexity index is 433. The lowest BCUT2D eigenvalue weighted by Crippen LogP contribution is -2.65. The SMILES string of the molecule is CCCCCCCCCCCCCCCCCCCC[C@@]1(O)O[C@H](CO)[C@@H](O)[C@H](O)[C@H]1O. The summed E-state index contributed by atoms with van der Waals surface area (Å²) in [6, 6.07) is 0. The Balaban J connectivity index is 1.91. The molecule has 6 nitrogen and oxygen atoms in total. The molecule has 0 spiro atoms. The molecule has 1 fully saturated rings. The number of rotatable bonds is 20. The first-order valence-corrected chi connectivity index (χ1v) is 13.5. The Morgan fingerprint density at radius 2 is 0.969 bits per heavy atom. The molecule has 1 heterocycles. The van der Waals surface area contributed by atoms with Crippen molar-refractivity contribution in [3.63, 3.8) is 0 Å². The fourth-order valence-corrected chi connectivity index (χ4v) is 4.71. The van der Waals surface area contributed by atoms with Crippen LogP contribution in [0.2, 0.25) is 0 Å². The van der Waals surface area contributed by atoms with Crippen LogP contribution >= 0.6 is 0 Å². The molecule has 0 saturated carbocycles. The van der Waals surface area contributed by atoms with Crippen LogP contribution in [0.3, 0.4) is 0 Å². The van der Waals surface area contributed by atoms with E-state index < -0.39 is 36.8 Å². The van der Waals surface area contributed by atoms with Crippen LogP contribution in [0.25, 0.3) is 0 Å². The first kappa shape index (κ1) is 29.8. The maximum absolute atomic E-state index is 10.5. The van der Waals surface area contributed by atoms with E-state index in [-0.39, 0.29) is 6.42 Å². The molecule has 0 unspecified atom stereocenters. The predicted octanol–water partition coefficient (Wildman–Crippen LogP) is 4.58. The number of unbranched alkanes of at least 4 members (excludes halogenated alkanes) is 17. The second-order valence-electron chi connectivity index (χ2n) is 9.87. The van der Waals surface area contributed by atoms with Crippen LogP contribution in [-0.4, -0.2) is 62.3 Å². The molecule has 0 radical (unpaired) electrons. The molecule has 5 N–H and O–H groups in total. The molecule has 0 bridgehead atoms. The maximum atomic E-state index is 10.5. The van der Waals surface area contributed by atoms with Crippen molar-refractivity contribution in [2.75, 3.05) is 6.61 Å². The van der Waals surface area contributed by atoms with Gasteiger partial charge in [-0.3, -0.25) is 0 Å². The summed E-state index contributed by atoms with van der Waals surface area (Å²) in [7, 11) is 0. The van der Waals surface area contributed by atoms with E-state index in [2.05, 4.69) is 6.92 Å². The number of hydrogen-bond acceptors (Lipinski definition) is 6. The molecule has 0 amide bonds. The summed E-state index contributed by atoms with van der Waals surface area (Å²) < 4.78 is 5.30. The smallest absolute Gasteiger partial charge is 0.195 e. The van der Waals surface area contributed by atoms with E-state index in [1.807, 2.05) is 0 Å². The highest BCUT2D eigenvalue weighted by atomic mass is 16.7. The second-order valence-corrected chi connectivity index (χ2v) is 9.87. The summed E-state index contributed by atoms with van der Waals surface area (Å²) in [5.41, 5.74) is 0. The lowest BCUT2D eigenvalue weighted by atomic mass is 9.89. The highest BCUT2D eigenvalue weighted by Gasteiger charge is 2.51. The Morgan fingerprint density at radius 1 is 0.594 bits per heavy atom. The summed E-state index contributed by atoms with van der Waals surface area (Å²) >= 11 is 0. The average Bonchev–Trinajstić information content (AvgIpc) is 2.79. The van der Waals surface area contributed by atoms with Gasteiger partial charge in [-0.25, -0.2) is 0 Å². The molecule has 192 valence electrons. The Kier molecular flexibility index (Phi) is 16.9. The monoisotopic (exact) mass is 460 g/mol. The third-order valence-electron chi connectivity index (χ3n) is 6.94. The van der Waals surface area contributed by atoms with Crippen LogP contribution in [-0.2, 0) is 4.74 Å². The van der Waals surface area contributed by atoms with E-state index in [4.69, 9.17) is 4.74 Å². The van der Waals surface area contributed by atoms with Gasteiger partial charge in [-0.2, -0.15) is 0 Å². The molecule has 0 aliphatic carbocycles. The van der Waals surface area contributed by atoms with Crippen molar-refractivity contribution in [3.8, 4) is 0 Å². The zero-order valence-electron chi connectivity index (χ0n) is 20.6. The molecule has 0 aromatic heterocycles. The summed E-state index contributed by atoms with van der Waals surface area (Å²) in [6.45, 7) is 1.75. The second kappa shape index (κ2) is 18.1. The van der Waals surface area contributed by atoms with E-state index in [9.17, 15) is 25.5 Å². The lowest BCUT2D eigenvalue weighted by molar-refractivity contribution is -0.351. The van der Waals surface area contributed by atoms with E-state index >= 15 is 0 Å². The number of ether oxygens (including phenoxy) is 1. The molecule has 1 rings (SSSR count). The zero-order chi connectivity index (χ0) is 23.7. The van der Waals surface area contributed by atoms with E-state index in [1.54, 1.807) is 0 Å². The molecule has 5 atom stereocenters. The minimum atomic E-state index is -1.92. The van der Waals surface area contributed by atoms with Gasteiger partial charge in [0.15, 0.2) is 5.79 Å². The quantitative estimate of drug-likeness (QED) is 0.170. The zero-order valence-corrected chi connectivity index (χ0v) is 20.6. The minimum absolute atomic E-state index is 0.174. The third-order valence-corrected chi connectivity index (χ3v) is 6.94. The topological polar surface area (TPSA) is 110 Å². The van der Waals surface area contributed by atoms with Gasteiger partial charge in [-0.05, 0) is 6.42 Å². The highest BCUT2D eigenvalue weighted by molar-refractivity contribution is 4.95. The molecular formula is C26H52O6. The molecular weight excluding hydrogens is 408 g/mol. The first-order chi connectivity index (χ1) is 15.5. The van der Waals surface area contributed by atoms with Gasteiger partial charge in [0, 0.05) is 6.42 Å². The number of aliphatic hydroxyl groups excluding tert-OH is 4. The van der Waals surface area contributed by atoms with Crippen molar-refractivity contribution in [2.24, 2.45) is 0 Å². The molecule has 6 heteroatoms. The predicted molar refractivity (Wildman–Crippen MR) is 128 cm³/mol. The minimum Gasteiger partial charge on any atom is -0.394 e. The molecule has 1 saturated heterocycles. The van der Waals surface area contributed by atoms with E-state index in [0.717, 1.165) is 12.8 Å². The van der Waals surface area contributed by atoms with Crippen LogP contribution in [0.15, 0.2) is 0 Å². The van der Waals surface area contributed by atoms with Gasteiger partial charge in [-0.1, -0.05) is 116 Å². The first-order valence-electron chi connectivity index (χ1n) is 13.5. The normalized spacial score (nSPS) is 28.3. The van der Waals surface area contributed by atoms with Crippen molar-refractivity contribution in [1.29, 1.82) is 0 Å². The van der Waals surface area contributed by atoms with Crippen molar-refractivity contribution in [3.05, 3.63) is 0 Å². The Morgan fingerprint density at radius 3 is 1.34 bits per heavy atom. The highest BCUT2D eigenvalue weighted by Crippen LogP contribution is 2.32. The summed E-state index contributed by atoms with van der Waals surface area (Å²) in [5.74, 6) is -1.92. The molecule has 32 heavy (non-hydrogen) atoms. The van der Waals surface area contributed by atoms with Crippen molar-refractivity contribution in [1.82, 2.24) is 0 Å². The van der Waals surface area contributed by atoms with Gasteiger partial charge in [0.25, 0.3) is 0 Å². The standard InChI is InChI=1S/C26H52O6/c1-2-3-4-5-6-7-8-9-10-11-12-13-14-15-16-17-18-19-20-26(31)25(30)24(29)23(28)22(21-27)32-26/h22-25,27-31H,2-21H2,1H3/t22-,23-,24+,25-,26-/m1/s1. The van der Waals surface area contributed by atoms with Gasteiger partial charge in [0.05, 0.1) is 6.61 Å². The van der Waals surface area contributed by atoms with Gasteiger partial charge >= 0.3 is 0 Å². The van der Waals surface area contributed by atoms with Gasteiger partial charge in [-0.15, -0.1) is 0 Å². The van der Waals surface area contributed by atoms with E-state index in [1.165, 1.54) is 96.3 Å². The summed E-state index contributed by atoms with van der Waals surface area (Å²) in [6.07, 6.45) is 17.5. The fraction of sp³-hybridized carbons (Fsp3) is 1.00. The van der Waals surface area contributed by atoms with Crippen molar-refractivity contribution in [2.45, 2.75) is 159 Å². The van der Waals surface area contributed by atoms with Crippen LogP contribution in [0.5, 0.6) is 0 Å². The molecule has 0 aromatic carbocycles. The number of hydrogen-bond donors (Lipinski definition) is 5. The third kappa shape index (κ3) is 11.8. The molecule has 1 aliphatic heterocycles. The maximum Gasteiger partial charge on any atom is 0.195 e. The van der Waals surface area contributed by atoms with E-state index in [0.29, 0.717) is 6.42 Å². The largest absolute Gasteiger partial charge is 0.394 e. The van der Waals surface area contributed by atoms with Crippen LogP contribution in [0.1, 0.15) is 129 Å². The van der Waals surface area contributed by atoms with Crippen LogP contribution in [0, 0.1) is 0 Å². The van der Waals surface area contributed by atoms with Crippen molar-refractivity contribution < 1.29 is 30.3 Å². The van der Waals surface area contributed by atoms with Gasteiger partial charge in [0.1, 0.15) is 24.4 Å². The summed E-state index contributed by atoms with van der Waals surface area (Å²) in [5, 5.41) is 49.4. The van der Waals surface area contributed by atoms with Crippen LogP contribution < -0.4 is 0 Å². The molecule has 0 aromatic rings. The Labute approximate surface area is 196 Å². The van der Waals surface area contributed by atoms with Crippen LogP contribution in [0.4, 0.5) is 0 Å². The molecule has 1 aliphatic rings. The van der Waals surface area contributed by atoms with Crippen molar-refractivity contribution >= 4 is 0 Å². The average molecular weight is 461 g/mol. The number of aliphatic hydroxyl groups is 5. The summed E-state index contributed by atoms with van der Waals surface area (Å²) in [4.78, 5) is 0. The van der Waals surface area contributed by atoms with Gasteiger partial charge in [0.2, 0.25) is 0 Å².